The van der Waals surface area contributed by atoms with E-state index in [2.05, 4.69) is 26.7 Å². The summed E-state index contributed by atoms with van der Waals surface area (Å²) in [6, 6.07) is 0. The maximum absolute atomic E-state index is 9.25. The molecule has 0 fully saturated rings. The lowest BCUT2D eigenvalue weighted by Gasteiger charge is -1.85. The first-order valence-electron chi connectivity index (χ1n) is 7.24. The molecular weight excluding hydrogens is 364 g/mol. The van der Waals surface area contributed by atoms with Crippen molar-refractivity contribution in [1.82, 2.24) is 0 Å². The van der Waals surface area contributed by atoms with Gasteiger partial charge in [0.25, 0.3) is 0 Å². The predicted molar refractivity (Wildman–Crippen MR) is 105 cm³/mol. The van der Waals surface area contributed by atoms with Gasteiger partial charge in [0.2, 0.25) is 0 Å². The van der Waals surface area contributed by atoms with E-state index >= 15 is 0 Å². The van der Waals surface area contributed by atoms with Crippen LogP contribution in [0.25, 0.3) is 0 Å². The molecule has 0 aromatic rings. The zero-order valence-electron chi connectivity index (χ0n) is 16.5. The third-order valence-electron chi connectivity index (χ3n) is 1.29. The van der Waals surface area contributed by atoms with E-state index < -0.39 is 17.9 Å². The number of aliphatic hydroxyl groups is 4. The predicted octanol–water partition coefficient (Wildman–Crippen LogP) is 0.765. The third kappa shape index (κ3) is 258. The number of unbranched alkanes of at least 4 members (excludes halogenated alkanes) is 2. The van der Waals surface area contributed by atoms with Crippen molar-refractivity contribution >= 4 is 17.9 Å². The fraction of sp³-hybridized carbons (Fsp3) is 0.471. The van der Waals surface area contributed by atoms with Crippen LogP contribution in [0.15, 0.2) is 38.0 Å². The summed E-state index contributed by atoms with van der Waals surface area (Å²) in [6.07, 6.45) is 5.83. The molecule has 10 nitrogen and oxygen atoms in total. The van der Waals surface area contributed by atoms with E-state index in [0.29, 0.717) is 6.61 Å². The number of carbonyl (C=O) groups is 3. The van der Waals surface area contributed by atoms with Crippen molar-refractivity contribution in [2.45, 2.75) is 26.2 Å². The van der Waals surface area contributed by atoms with Crippen LogP contribution in [0.5, 0.6) is 0 Å². The Morgan fingerprint density at radius 1 is 0.667 bits per heavy atom. The van der Waals surface area contributed by atoms with Gasteiger partial charge in [-0.2, -0.15) is 0 Å². The number of hydrogen-bond acceptors (Lipinski definition) is 7. The van der Waals surface area contributed by atoms with Gasteiger partial charge in [-0.05, 0) is 6.42 Å². The van der Waals surface area contributed by atoms with E-state index in [1.807, 2.05) is 0 Å². The van der Waals surface area contributed by atoms with Crippen LogP contribution in [0.1, 0.15) is 26.2 Å². The highest BCUT2D eigenvalue weighted by Gasteiger charge is 1.76. The second-order valence-electron chi connectivity index (χ2n) is 3.06. The normalized spacial score (nSPS) is 6.22. The average molecular weight is 400 g/mol. The Balaban J connectivity index is -0.0000000361. The van der Waals surface area contributed by atoms with Crippen LogP contribution >= 0.6 is 0 Å². The van der Waals surface area contributed by atoms with Crippen LogP contribution in [0.2, 0.25) is 0 Å². The molecule has 0 aliphatic heterocycles. The maximum Gasteiger partial charge on any atom is 0.327 e. The molecule has 27 heavy (non-hydrogen) atoms. The van der Waals surface area contributed by atoms with Crippen molar-refractivity contribution in [3.63, 3.8) is 0 Å². The molecular formula is C17H36O10. The topological polar surface area (TPSA) is 193 Å². The Labute approximate surface area is 161 Å². The monoisotopic (exact) mass is 400 g/mol. The molecule has 164 valence electrons. The van der Waals surface area contributed by atoms with Gasteiger partial charge < -0.3 is 35.7 Å². The summed E-state index contributed by atoms with van der Waals surface area (Å²) in [4.78, 5) is 27.8. The number of rotatable bonds is 6. The van der Waals surface area contributed by atoms with E-state index in [4.69, 9.17) is 35.7 Å². The number of carboxylic acid groups (broad SMARTS) is 3. The van der Waals surface area contributed by atoms with Crippen molar-refractivity contribution in [1.29, 1.82) is 0 Å². The molecule has 0 radical (unpaired) electrons. The van der Waals surface area contributed by atoms with Gasteiger partial charge in [0.15, 0.2) is 0 Å². The van der Waals surface area contributed by atoms with E-state index in [1.54, 1.807) is 0 Å². The van der Waals surface area contributed by atoms with Crippen LogP contribution in [-0.4, -0.2) is 81.6 Å². The summed E-state index contributed by atoms with van der Waals surface area (Å²) < 4.78 is 0. The van der Waals surface area contributed by atoms with Gasteiger partial charge in [0.05, 0.1) is 0 Å². The van der Waals surface area contributed by atoms with Crippen molar-refractivity contribution in [2.24, 2.45) is 0 Å². The molecule has 0 saturated heterocycles. The quantitative estimate of drug-likeness (QED) is 0.247. The minimum Gasteiger partial charge on any atom is -0.478 e. The zero-order valence-corrected chi connectivity index (χ0v) is 16.5. The largest absolute Gasteiger partial charge is 0.478 e. The van der Waals surface area contributed by atoms with Gasteiger partial charge in [-0.3, -0.25) is 0 Å². The van der Waals surface area contributed by atoms with E-state index in [1.165, 1.54) is 6.42 Å². The van der Waals surface area contributed by atoms with Gasteiger partial charge >= 0.3 is 17.9 Å². The smallest absolute Gasteiger partial charge is 0.327 e. The molecule has 10 heteroatoms. The highest BCUT2D eigenvalue weighted by Crippen LogP contribution is 1.89. The van der Waals surface area contributed by atoms with Crippen LogP contribution in [-0.2, 0) is 14.4 Å². The Morgan fingerprint density at radius 3 is 0.889 bits per heavy atom. The van der Waals surface area contributed by atoms with Gasteiger partial charge in [-0.25, -0.2) is 14.4 Å². The van der Waals surface area contributed by atoms with E-state index in [0.717, 1.165) is 52.4 Å². The maximum atomic E-state index is 9.25. The Morgan fingerprint density at radius 2 is 0.852 bits per heavy atom. The third-order valence-corrected chi connectivity index (χ3v) is 1.29. The van der Waals surface area contributed by atoms with Crippen LogP contribution in [0.4, 0.5) is 0 Å². The summed E-state index contributed by atoms with van der Waals surface area (Å²) in [5.74, 6) is -2.94. The molecule has 0 heterocycles. The summed E-state index contributed by atoms with van der Waals surface area (Å²) >= 11 is 0. The van der Waals surface area contributed by atoms with Gasteiger partial charge in [-0.1, -0.05) is 39.5 Å². The number of aliphatic hydroxyl groups excluding tert-OH is 4. The SMILES string of the molecule is C=CC(=O)O.C=CC(=O)O.C=CC(=O)O.CCCCCO.CO.CO.CO. The standard InChI is InChI=1S/C5H12O.3C3H4O2.3CH4O/c1-2-3-4-5-6;3*1-2-3(4)5;3*1-2/h6H,2-5H2,1H3;3*2H,1H2,(H,4,5);3*2H,1H3. The lowest BCUT2D eigenvalue weighted by atomic mass is 10.3. The van der Waals surface area contributed by atoms with Gasteiger partial charge in [0, 0.05) is 46.2 Å². The first kappa shape index (κ1) is 44.2. The Bertz CT molecular complexity index is 268. The first-order valence-corrected chi connectivity index (χ1v) is 7.24. The molecule has 0 saturated carbocycles. The molecule has 0 amide bonds. The minimum atomic E-state index is -0.981. The fourth-order valence-electron chi connectivity index (χ4n) is 0.362. The summed E-state index contributed by atoms with van der Waals surface area (Å²) in [7, 11) is 3.00. The second kappa shape index (κ2) is 65.3. The average Bonchev–Trinajstić information content (AvgIpc) is 2.72. The molecule has 0 atom stereocenters. The highest BCUT2D eigenvalue weighted by atomic mass is 16.4. The molecule has 0 unspecified atom stereocenters. The summed E-state index contributed by atoms with van der Waals surface area (Å²) in [5, 5.41) is 52.0. The molecule has 0 aromatic carbocycles. The van der Waals surface area contributed by atoms with Crippen LogP contribution in [0, 0.1) is 0 Å². The number of carboxylic acids is 3. The molecule has 7 N–H and O–H groups in total. The van der Waals surface area contributed by atoms with Crippen molar-refractivity contribution in [3.05, 3.63) is 38.0 Å². The molecule has 0 aliphatic carbocycles. The molecule has 0 rings (SSSR count). The summed E-state index contributed by atoms with van der Waals surface area (Å²) in [6.45, 7) is 11.4. The molecule has 0 aliphatic rings. The highest BCUT2D eigenvalue weighted by molar-refractivity contribution is 5.79. The number of aliphatic carboxylic acids is 3. The molecule has 0 spiro atoms. The Kier molecular flexibility index (Phi) is 107. The minimum absolute atomic E-state index is 0.355. The first-order chi connectivity index (χ1) is 12.7. The van der Waals surface area contributed by atoms with Gasteiger partial charge in [0.1, 0.15) is 0 Å². The van der Waals surface area contributed by atoms with Crippen LogP contribution < -0.4 is 0 Å². The van der Waals surface area contributed by atoms with Crippen molar-refractivity contribution < 1.29 is 50.1 Å². The fourth-order valence-corrected chi connectivity index (χ4v) is 0.362. The van der Waals surface area contributed by atoms with Crippen molar-refractivity contribution in [3.8, 4) is 0 Å². The van der Waals surface area contributed by atoms with E-state index in [9.17, 15) is 14.4 Å². The van der Waals surface area contributed by atoms with Crippen LogP contribution in [0.3, 0.4) is 0 Å². The lowest BCUT2D eigenvalue weighted by molar-refractivity contribution is -0.132. The number of hydrogen-bond donors (Lipinski definition) is 7. The molecule has 0 bridgehead atoms. The Hall–Kier alpha value is -2.53. The van der Waals surface area contributed by atoms with Crippen molar-refractivity contribution in [2.75, 3.05) is 27.9 Å². The summed E-state index contributed by atoms with van der Waals surface area (Å²) in [5.41, 5.74) is 0. The second-order valence-corrected chi connectivity index (χ2v) is 3.06. The molecule has 0 aromatic heterocycles. The zero-order chi connectivity index (χ0) is 23.7. The lowest BCUT2D eigenvalue weighted by Crippen LogP contribution is -1.82. The van der Waals surface area contributed by atoms with Gasteiger partial charge in [-0.15, -0.1) is 0 Å². The van der Waals surface area contributed by atoms with E-state index in [-0.39, 0.29) is 0 Å².